The molecule has 0 aliphatic carbocycles. The number of carboxylic acids is 1. The van der Waals surface area contributed by atoms with Crippen molar-refractivity contribution < 1.29 is 24.2 Å². The number of hydrogen-bond donors (Lipinski definition) is 1. The number of carbonyl (C=O) groups is 3. The van der Waals surface area contributed by atoms with Crippen molar-refractivity contribution in [3.05, 3.63) is 23.5 Å². The highest BCUT2D eigenvalue weighted by Gasteiger charge is 2.43. The third-order valence-electron chi connectivity index (χ3n) is 3.51. The maximum atomic E-state index is 12.3. The molecule has 0 bridgehead atoms. The fourth-order valence-corrected chi connectivity index (χ4v) is 2.36. The number of ketones is 1. The molecular formula is C14H18N2O5. The number of likely N-dealkylation sites (tertiary alicyclic amines) is 1. The fraction of sp³-hybridized carbons (Fsp3) is 0.500. The second-order valence-corrected chi connectivity index (χ2v) is 5.57. The van der Waals surface area contributed by atoms with E-state index in [1.165, 1.54) is 6.92 Å². The molecule has 0 aromatic carbocycles. The molecule has 21 heavy (non-hydrogen) atoms. The van der Waals surface area contributed by atoms with E-state index in [0.29, 0.717) is 24.3 Å². The van der Waals surface area contributed by atoms with Crippen LogP contribution < -0.4 is 0 Å². The quantitative estimate of drug-likeness (QED) is 0.801. The number of carboxylic acid groups (broad SMARTS) is 1. The second-order valence-electron chi connectivity index (χ2n) is 5.57. The normalized spacial score (nSPS) is 16.4. The van der Waals surface area contributed by atoms with Crippen molar-refractivity contribution in [1.29, 1.82) is 0 Å². The Labute approximate surface area is 122 Å². The molecule has 2 heterocycles. The average Bonchev–Trinajstić information content (AvgIpc) is 2.74. The lowest BCUT2D eigenvalue weighted by molar-refractivity contribution is -0.160. The highest BCUT2D eigenvalue weighted by molar-refractivity contribution is 5.99. The molecule has 0 saturated carbocycles. The summed E-state index contributed by atoms with van der Waals surface area (Å²) in [4.78, 5) is 35.7. The number of Topliss-reactive ketones (excluding diaryl/α,β-unsaturated/α-hetero) is 1. The van der Waals surface area contributed by atoms with Gasteiger partial charge in [0.1, 0.15) is 17.9 Å². The maximum Gasteiger partial charge on any atom is 0.329 e. The number of hydrogen-bond acceptors (Lipinski definition) is 4. The van der Waals surface area contributed by atoms with Crippen LogP contribution in [0, 0.1) is 0 Å². The summed E-state index contributed by atoms with van der Waals surface area (Å²) >= 11 is 0. The Morgan fingerprint density at radius 1 is 1.38 bits per heavy atom. The molecule has 0 unspecified atom stereocenters. The van der Waals surface area contributed by atoms with Gasteiger partial charge < -0.3 is 19.3 Å². The van der Waals surface area contributed by atoms with E-state index in [0.717, 1.165) is 0 Å². The molecule has 1 aliphatic rings. The van der Waals surface area contributed by atoms with Gasteiger partial charge >= 0.3 is 5.97 Å². The standard InChI is InChI=1S/C14H18N2O5/c1-9(17)10-4-11(15(3)5-10)13(20)16-7-14(2,8-16)21-6-12(18)19/h4-5H,6-8H2,1-3H3,(H,18,19). The van der Waals surface area contributed by atoms with Crippen LogP contribution in [-0.4, -0.2) is 57.5 Å². The van der Waals surface area contributed by atoms with Crippen LogP contribution in [-0.2, 0) is 16.6 Å². The van der Waals surface area contributed by atoms with Gasteiger partial charge in [-0.3, -0.25) is 9.59 Å². The first-order valence-electron chi connectivity index (χ1n) is 6.54. The SMILES string of the molecule is CC(=O)c1cc(C(=O)N2CC(C)(OCC(=O)O)C2)n(C)c1. The zero-order chi connectivity index (χ0) is 15.8. The molecule has 0 radical (unpaired) electrons. The van der Waals surface area contributed by atoms with Gasteiger partial charge in [-0.25, -0.2) is 4.79 Å². The molecule has 7 heteroatoms. The molecule has 7 nitrogen and oxygen atoms in total. The van der Waals surface area contributed by atoms with Crippen LogP contribution in [0.15, 0.2) is 12.3 Å². The lowest BCUT2D eigenvalue weighted by Gasteiger charge is -2.47. The van der Waals surface area contributed by atoms with E-state index in [1.807, 2.05) is 0 Å². The molecule has 0 spiro atoms. The number of aryl methyl sites for hydroxylation is 1. The van der Waals surface area contributed by atoms with Crippen LogP contribution in [0.3, 0.4) is 0 Å². The van der Waals surface area contributed by atoms with E-state index in [1.54, 1.807) is 35.7 Å². The lowest BCUT2D eigenvalue weighted by atomic mass is 9.96. The van der Waals surface area contributed by atoms with Crippen LogP contribution >= 0.6 is 0 Å². The number of aliphatic carboxylic acids is 1. The summed E-state index contributed by atoms with van der Waals surface area (Å²) in [6.45, 7) is 3.51. The first-order valence-corrected chi connectivity index (χ1v) is 6.54. The van der Waals surface area contributed by atoms with Gasteiger partial charge in [0.05, 0.1) is 13.1 Å². The zero-order valence-electron chi connectivity index (χ0n) is 12.3. The van der Waals surface area contributed by atoms with E-state index in [2.05, 4.69) is 0 Å². The molecule has 1 fully saturated rings. The largest absolute Gasteiger partial charge is 0.480 e. The number of amides is 1. The summed E-state index contributed by atoms with van der Waals surface area (Å²) < 4.78 is 6.88. The summed E-state index contributed by atoms with van der Waals surface area (Å²) in [5.41, 5.74) is 0.301. The molecule has 114 valence electrons. The highest BCUT2D eigenvalue weighted by atomic mass is 16.5. The van der Waals surface area contributed by atoms with Crippen LogP contribution in [0.5, 0.6) is 0 Å². The van der Waals surface area contributed by atoms with Gasteiger partial charge in [-0.1, -0.05) is 0 Å². The molecule has 2 rings (SSSR count). The minimum atomic E-state index is -1.03. The minimum absolute atomic E-state index is 0.0945. The Kier molecular flexibility index (Phi) is 3.87. The highest BCUT2D eigenvalue weighted by Crippen LogP contribution is 2.26. The zero-order valence-corrected chi connectivity index (χ0v) is 12.3. The number of aromatic nitrogens is 1. The van der Waals surface area contributed by atoms with Crippen LogP contribution in [0.25, 0.3) is 0 Å². The van der Waals surface area contributed by atoms with Crippen molar-refractivity contribution in [3.8, 4) is 0 Å². The monoisotopic (exact) mass is 294 g/mol. The van der Waals surface area contributed by atoms with Crippen molar-refractivity contribution >= 4 is 17.7 Å². The Bertz CT molecular complexity index is 599. The van der Waals surface area contributed by atoms with Gasteiger partial charge in [0.25, 0.3) is 5.91 Å². The average molecular weight is 294 g/mol. The summed E-state index contributed by atoms with van der Waals surface area (Å²) in [5, 5.41) is 8.60. The first kappa shape index (κ1) is 15.2. The Morgan fingerprint density at radius 2 is 2.00 bits per heavy atom. The van der Waals surface area contributed by atoms with Crippen molar-refractivity contribution in [2.45, 2.75) is 19.4 Å². The Balaban J connectivity index is 2.00. The topological polar surface area (TPSA) is 88.8 Å². The summed E-state index contributed by atoms with van der Waals surface area (Å²) in [7, 11) is 1.71. The van der Waals surface area contributed by atoms with E-state index < -0.39 is 11.6 Å². The van der Waals surface area contributed by atoms with Crippen molar-refractivity contribution in [2.24, 2.45) is 7.05 Å². The van der Waals surface area contributed by atoms with Gasteiger partial charge in [0.2, 0.25) is 0 Å². The summed E-state index contributed by atoms with van der Waals surface area (Å²) in [6.07, 6.45) is 1.62. The van der Waals surface area contributed by atoms with Crippen LogP contribution in [0.1, 0.15) is 34.7 Å². The van der Waals surface area contributed by atoms with E-state index >= 15 is 0 Å². The molecule has 1 N–H and O–H groups in total. The van der Waals surface area contributed by atoms with Gasteiger partial charge in [-0.05, 0) is 19.9 Å². The predicted molar refractivity (Wildman–Crippen MR) is 73.3 cm³/mol. The predicted octanol–water partition coefficient (Wildman–Crippen LogP) is 0.543. The molecule has 1 aromatic rings. The van der Waals surface area contributed by atoms with Crippen molar-refractivity contribution in [2.75, 3.05) is 19.7 Å². The van der Waals surface area contributed by atoms with E-state index in [9.17, 15) is 14.4 Å². The van der Waals surface area contributed by atoms with Crippen molar-refractivity contribution in [3.63, 3.8) is 0 Å². The molecule has 1 aliphatic heterocycles. The molecule has 1 amide bonds. The van der Waals surface area contributed by atoms with Crippen molar-refractivity contribution in [1.82, 2.24) is 9.47 Å². The van der Waals surface area contributed by atoms with Gasteiger partial charge in [0.15, 0.2) is 5.78 Å². The minimum Gasteiger partial charge on any atom is -0.480 e. The number of carbonyl (C=O) groups excluding carboxylic acids is 2. The Hall–Kier alpha value is -2.15. The lowest BCUT2D eigenvalue weighted by Crippen LogP contribution is -2.63. The fourth-order valence-electron chi connectivity index (χ4n) is 2.36. The Morgan fingerprint density at radius 3 is 2.48 bits per heavy atom. The van der Waals surface area contributed by atoms with E-state index in [-0.39, 0.29) is 18.3 Å². The van der Waals surface area contributed by atoms with Gasteiger partial charge in [-0.2, -0.15) is 0 Å². The maximum absolute atomic E-state index is 12.3. The molecule has 0 atom stereocenters. The second kappa shape index (κ2) is 5.33. The van der Waals surface area contributed by atoms with Gasteiger partial charge in [0, 0.05) is 18.8 Å². The number of nitrogens with zero attached hydrogens (tertiary/aromatic N) is 2. The third kappa shape index (κ3) is 3.13. The van der Waals surface area contributed by atoms with Crippen LogP contribution in [0.2, 0.25) is 0 Å². The van der Waals surface area contributed by atoms with E-state index in [4.69, 9.17) is 9.84 Å². The summed E-state index contributed by atoms with van der Waals surface area (Å²) in [6, 6.07) is 1.57. The first-order chi connectivity index (χ1) is 9.72. The molecule has 1 saturated heterocycles. The van der Waals surface area contributed by atoms with Crippen LogP contribution in [0.4, 0.5) is 0 Å². The number of ether oxygens (including phenoxy) is 1. The third-order valence-corrected chi connectivity index (χ3v) is 3.51. The molecule has 1 aromatic heterocycles. The number of rotatable bonds is 5. The molecular weight excluding hydrogens is 276 g/mol. The summed E-state index contributed by atoms with van der Waals surface area (Å²) in [5.74, 6) is -1.32. The smallest absolute Gasteiger partial charge is 0.329 e. The van der Waals surface area contributed by atoms with Gasteiger partial charge in [-0.15, -0.1) is 0 Å².